The number of amides is 1. The fourth-order valence-corrected chi connectivity index (χ4v) is 2.77. The Hall–Kier alpha value is -3.35. The van der Waals surface area contributed by atoms with Crippen LogP contribution in [0.4, 0.5) is 0 Å². The molecule has 4 rings (SSSR count). The Balaban J connectivity index is 1.65. The smallest absolute Gasteiger partial charge is 0.271 e. The summed E-state index contributed by atoms with van der Waals surface area (Å²) in [5.41, 5.74) is 8.68. The number of hydrogen-bond donors (Lipinski definition) is 2. The number of aromatic amines is 1. The number of ether oxygens (including phenoxy) is 2. The summed E-state index contributed by atoms with van der Waals surface area (Å²) in [6, 6.07) is 13.5. The Kier molecular flexibility index (Phi) is 3.81. The number of primary amides is 1. The number of nitrogens with two attached hydrogens (primary N) is 1. The number of carbonyl (C=O) groups excluding carboxylic acids is 1. The van der Waals surface area contributed by atoms with Gasteiger partial charge >= 0.3 is 0 Å². The number of benzene rings is 2. The van der Waals surface area contributed by atoms with Crippen molar-refractivity contribution in [1.29, 1.82) is 0 Å². The van der Waals surface area contributed by atoms with Crippen molar-refractivity contribution in [3.8, 4) is 33.9 Å². The molecule has 3 aromatic rings. The van der Waals surface area contributed by atoms with E-state index in [0.717, 1.165) is 34.6 Å². The van der Waals surface area contributed by atoms with Crippen LogP contribution in [0.25, 0.3) is 22.4 Å². The minimum atomic E-state index is -0.615. The normalized spacial score (nSPS) is 13.3. The number of carbonyl (C=O) groups is 1. The maximum absolute atomic E-state index is 11.4. The average Bonchev–Trinajstić information content (AvgIpc) is 3.01. The lowest BCUT2D eigenvalue weighted by Crippen LogP contribution is -2.12. The zero-order chi connectivity index (χ0) is 17.2. The van der Waals surface area contributed by atoms with E-state index in [1.807, 2.05) is 42.5 Å². The quantitative estimate of drug-likeness (QED) is 0.764. The number of H-pyrrole nitrogens is 1. The van der Waals surface area contributed by atoms with Gasteiger partial charge in [0.1, 0.15) is 5.69 Å². The largest absolute Gasteiger partial charge is 0.490 e. The first-order valence-corrected chi connectivity index (χ1v) is 7.93. The second-order valence-electron chi connectivity index (χ2n) is 5.67. The van der Waals surface area contributed by atoms with Crippen molar-refractivity contribution >= 4 is 5.91 Å². The molecule has 126 valence electrons. The van der Waals surface area contributed by atoms with Gasteiger partial charge in [-0.15, -0.1) is 0 Å². The Bertz CT molecular complexity index is 918. The lowest BCUT2D eigenvalue weighted by molar-refractivity contribution is 0.0996. The van der Waals surface area contributed by atoms with E-state index in [1.165, 1.54) is 0 Å². The van der Waals surface area contributed by atoms with Crippen LogP contribution >= 0.6 is 0 Å². The van der Waals surface area contributed by atoms with Crippen molar-refractivity contribution in [2.75, 3.05) is 13.2 Å². The fraction of sp³-hybridized carbons (Fsp3) is 0.167. The maximum atomic E-state index is 11.4. The predicted molar refractivity (Wildman–Crippen MR) is 91.4 cm³/mol. The van der Waals surface area contributed by atoms with Gasteiger partial charge in [0, 0.05) is 12.0 Å². The predicted octanol–water partition coefficient (Wildman–Crippen LogP) is 2.40. The highest BCUT2D eigenvalue weighted by Gasteiger charge is 2.15. The number of nitrogens with zero attached hydrogens (tertiary/aromatic N) is 2. The third-order valence-corrected chi connectivity index (χ3v) is 4.02. The van der Waals surface area contributed by atoms with E-state index < -0.39 is 5.91 Å². The Morgan fingerprint density at radius 3 is 2.36 bits per heavy atom. The van der Waals surface area contributed by atoms with Gasteiger partial charge in [0.05, 0.1) is 13.2 Å². The summed E-state index contributed by atoms with van der Waals surface area (Å²) < 4.78 is 11.4. The van der Waals surface area contributed by atoms with Gasteiger partial charge in [-0.3, -0.25) is 4.79 Å². The summed E-state index contributed by atoms with van der Waals surface area (Å²) in [4.78, 5) is 11.4. The van der Waals surface area contributed by atoms with E-state index in [-0.39, 0.29) is 5.69 Å². The highest BCUT2D eigenvalue weighted by atomic mass is 16.5. The molecule has 1 aliphatic rings. The molecule has 1 aromatic heterocycles. The first-order chi connectivity index (χ1) is 12.2. The highest BCUT2D eigenvalue weighted by molar-refractivity contribution is 5.96. The molecule has 0 fully saturated rings. The van der Waals surface area contributed by atoms with Crippen molar-refractivity contribution in [2.24, 2.45) is 5.73 Å². The molecule has 1 amide bonds. The number of rotatable bonds is 3. The average molecular weight is 336 g/mol. The summed E-state index contributed by atoms with van der Waals surface area (Å²) in [6.45, 7) is 1.32. The number of nitrogens with one attached hydrogen (secondary N) is 1. The standard InChI is InChI=1S/C18H16N4O3/c19-18(23)17-16(20-22-21-17)12-4-2-11(3-5-12)13-6-7-14-15(10-13)25-9-1-8-24-14/h2-7,10H,1,8-9H2,(H2,19,23)(H,20,21,22). The first-order valence-electron chi connectivity index (χ1n) is 7.93. The summed E-state index contributed by atoms with van der Waals surface area (Å²) >= 11 is 0. The highest BCUT2D eigenvalue weighted by Crippen LogP contribution is 2.34. The monoisotopic (exact) mass is 336 g/mol. The number of aromatic nitrogens is 3. The van der Waals surface area contributed by atoms with E-state index in [0.29, 0.717) is 18.9 Å². The van der Waals surface area contributed by atoms with E-state index in [4.69, 9.17) is 15.2 Å². The van der Waals surface area contributed by atoms with Crippen LogP contribution in [0.2, 0.25) is 0 Å². The van der Waals surface area contributed by atoms with Crippen LogP contribution < -0.4 is 15.2 Å². The summed E-state index contributed by atoms with van der Waals surface area (Å²) in [5, 5.41) is 10.2. The van der Waals surface area contributed by atoms with Gasteiger partial charge in [0.15, 0.2) is 17.2 Å². The van der Waals surface area contributed by atoms with Crippen LogP contribution in [0.1, 0.15) is 16.9 Å². The van der Waals surface area contributed by atoms with Crippen LogP contribution in [-0.4, -0.2) is 34.5 Å². The molecule has 1 aliphatic heterocycles. The lowest BCUT2D eigenvalue weighted by atomic mass is 10.0. The van der Waals surface area contributed by atoms with Gasteiger partial charge in [-0.25, -0.2) is 0 Å². The zero-order valence-electron chi connectivity index (χ0n) is 13.4. The van der Waals surface area contributed by atoms with Gasteiger partial charge in [-0.2, -0.15) is 15.4 Å². The molecule has 0 spiro atoms. The van der Waals surface area contributed by atoms with Gasteiger partial charge in [-0.05, 0) is 23.3 Å². The molecule has 0 atom stereocenters. The van der Waals surface area contributed by atoms with Crippen molar-refractivity contribution in [2.45, 2.75) is 6.42 Å². The molecule has 0 aliphatic carbocycles. The summed E-state index contributed by atoms with van der Waals surface area (Å²) in [5.74, 6) is 0.911. The van der Waals surface area contributed by atoms with Crippen molar-refractivity contribution < 1.29 is 14.3 Å². The molecule has 25 heavy (non-hydrogen) atoms. The van der Waals surface area contributed by atoms with E-state index in [2.05, 4.69) is 15.4 Å². The van der Waals surface area contributed by atoms with E-state index in [9.17, 15) is 4.79 Å². The minimum Gasteiger partial charge on any atom is -0.490 e. The molecular weight excluding hydrogens is 320 g/mol. The molecule has 3 N–H and O–H groups in total. The van der Waals surface area contributed by atoms with Gasteiger partial charge in [-0.1, -0.05) is 30.3 Å². The fourth-order valence-electron chi connectivity index (χ4n) is 2.77. The molecule has 0 unspecified atom stereocenters. The second kappa shape index (κ2) is 6.27. The SMILES string of the molecule is NC(=O)c1n[nH]nc1-c1ccc(-c2ccc3c(c2)OCCCO3)cc1. The van der Waals surface area contributed by atoms with Gasteiger partial charge < -0.3 is 15.2 Å². The minimum absolute atomic E-state index is 0.128. The summed E-state index contributed by atoms with van der Waals surface area (Å²) in [6.07, 6.45) is 0.874. The van der Waals surface area contributed by atoms with Crippen molar-refractivity contribution in [3.05, 3.63) is 48.2 Å². The molecule has 0 saturated carbocycles. The van der Waals surface area contributed by atoms with Crippen LogP contribution in [0.15, 0.2) is 42.5 Å². The lowest BCUT2D eigenvalue weighted by Gasteiger charge is -2.10. The van der Waals surface area contributed by atoms with Crippen molar-refractivity contribution in [3.63, 3.8) is 0 Å². The van der Waals surface area contributed by atoms with Crippen LogP contribution in [0, 0.1) is 0 Å². The van der Waals surface area contributed by atoms with Crippen LogP contribution in [0.3, 0.4) is 0 Å². The molecular formula is C18H16N4O3. The second-order valence-corrected chi connectivity index (χ2v) is 5.67. The molecule has 0 saturated heterocycles. The van der Waals surface area contributed by atoms with Crippen LogP contribution in [0.5, 0.6) is 11.5 Å². The molecule has 7 heteroatoms. The molecule has 7 nitrogen and oxygen atoms in total. The Morgan fingerprint density at radius 1 is 0.920 bits per heavy atom. The first kappa shape index (κ1) is 15.2. The maximum Gasteiger partial charge on any atom is 0.271 e. The Morgan fingerprint density at radius 2 is 1.60 bits per heavy atom. The zero-order valence-corrected chi connectivity index (χ0v) is 13.4. The third kappa shape index (κ3) is 2.91. The molecule has 0 radical (unpaired) electrons. The van der Waals surface area contributed by atoms with E-state index >= 15 is 0 Å². The topological polar surface area (TPSA) is 103 Å². The van der Waals surface area contributed by atoms with Gasteiger partial charge in [0.25, 0.3) is 5.91 Å². The van der Waals surface area contributed by atoms with Crippen LogP contribution in [-0.2, 0) is 0 Å². The molecule has 2 heterocycles. The Labute approximate surface area is 143 Å². The molecule has 0 bridgehead atoms. The summed E-state index contributed by atoms with van der Waals surface area (Å²) in [7, 11) is 0. The molecule has 2 aromatic carbocycles. The van der Waals surface area contributed by atoms with Gasteiger partial charge in [0.2, 0.25) is 0 Å². The number of fused-ring (bicyclic) bond motifs is 1. The third-order valence-electron chi connectivity index (χ3n) is 4.02. The van der Waals surface area contributed by atoms with Crippen molar-refractivity contribution in [1.82, 2.24) is 15.4 Å². The number of hydrogen-bond acceptors (Lipinski definition) is 5. The van der Waals surface area contributed by atoms with E-state index in [1.54, 1.807) is 0 Å².